The van der Waals surface area contributed by atoms with Crippen LogP contribution in [0.25, 0.3) is 22.4 Å². The molecule has 1 unspecified atom stereocenters. The van der Waals surface area contributed by atoms with Gasteiger partial charge in [0.25, 0.3) is 5.91 Å². The number of benzene rings is 2. The fourth-order valence-corrected chi connectivity index (χ4v) is 3.98. The van der Waals surface area contributed by atoms with Gasteiger partial charge in [0.2, 0.25) is 11.7 Å². The maximum absolute atomic E-state index is 14.0. The number of hydrogen-bond acceptors (Lipinski definition) is 6. The van der Waals surface area contributed by atoms with Crippen molar-refractivity contribution in [1.82, 2.24) is 25.0 Å². The van der Waals surface area contributed by atoms with Crippen molar-refractivity contribution in [2.75, 3.05) is 13.1 Å². The Balaban J connectivity index is 1.28. The lowest BCUT2D eigenvalue weighted by Gasteiger charge is -2.32. The van der Waals surface area contributed by atoms with Gasteiger partial charge in [0.05, 0.1) is 22.8 Å². The monoisotopic (exact) mass is 417 g/mol. The topological polar surface area (TPSA) is 85.0 Å². The minimum atomic E-state index is -0.388. The van der Waals surface area contributed by atoms with Gasteiger partial charge >= 0.3 is 0 Å². The molecule has 0 radical (unpaired) electrons. The Bertz CT molecular complexity index is 1240. The number of carbonyl (C=O) groups excluding carboxylic acids is 1. The Labute approximate surface area is 177 Å². The summed E-state index contributed by atoms with van der Waals surface area (Å²) in [5.74, 6) is 0.354. The number of fused-ring (bicyclic) bond motifs is 1. The zero-order valence-electron chi connectivity index (χ0n) is 16.7. The van der Waals surface area contributed by atoms with E-state index in [-0.39, 0.29) is 23.5 Å². The summed E-state index contributed by atoms with van der Waals surface area (Å²) < 4.78 is 19.3. The smallest absolute Gasteiger partial charge is 0.274 e. The summed E-state index contributed by atoms with van der Waals surface area (Å²) in [6.07, 6.45) is 3.90. The van der Waals surface area contributed by atoms with Gasteiger partial charge in [-0.05, 0) is 43.0 Å². The van der Waals surface area contributed by atoms with Gasteiger partial charge in [-0.1, -0.05) is 29.4 Å². The highest BCUT2D eigenvalue weighted by Crippen LogP contribution is 2.24. The normalized spacial score (nSPS) is 16.5. The van der Waals surface area contributed by atoms with E-state index in [1.54, 1.807) is 23.1 Å². The Morgan fingerprint density at radius 1 is 1.10 bits per heavy atom. The third kappa shape index (κ3) is 4.01. The lowest BCUT2D eigenvalue weighted by Crippen LogP contribution is -2.41. The molecule has 31 heavy (non-hydrogen) atoms. The molecular weight excluding hydrogens is 397 g/mol. The van der Waals surface area contributed by atoms with Crippen LogP contribution in [0.1, 0.15) is 29.2 Å². The van der Waals surface area contributed by atoms with E-state index in [1.165, 1.54) is 12.3 Å². The maximum Gasteiger partial charge on any atom is 0.274 e. The summed E-state index contributed by atoms with van der Waals surface area (Å²) in [6, 6.07) is 13.8. The highest BCUT2D eigenvalue weighted by molar-refractivity contribution is 5.93. The Morgan fingerprint density at radius 2 is 1.90 bits per heavy atom. The Hall–Kier alpha value is -3.68. The number of aromatic nitrogens is 4. The first kappa shape index (κ1) is 19.3. The third-order valence-corrected chi connectivity index (χ3v) is 5.52. The van der Waals surface area contributed by atoms with Crippen molar-refractivity contribution in [3.63, 3.8) is 0 Å². The Kier molecular flexibility index (Phi) is 5.11. The van der Waals surface area contributed by atoms with E-state index in [0.29, 0.717) is 42.2 Å². The quantitative estimate of drug-likeness (QED) is 0.500. The summed E-state index contributed by atoms with van der Waals surface area (Å²) in [7, 11) is 0. The van der Waals surface area contributed by atoms with Crippen LogP contribution in [-0.2, 0) is 6.42 Å². The SMILES string of the molecule is O=C(c1cnc2ccccc2n1)N1CCCC(Cc2nc(-c3ccccc3F)no2)C1. The molecule has 2 aromatic carbocycles. The fourth-order valence-electron chi connectivity index (χ4n) is 3.98. The maximum atomic E-state index is 14.0. The highest BCUT2D eigenvalue weighted by Gasteiger charge is 2.27. The number of amides is 1. The van der Waals surface area contributed by atoms with E-state index < -0.39 is 0 Å². The third-order valence-electron chi connectivity index (χ3n) is 5.52. The molecule has 0 spiro atoms. The van der Waals surface area contributed by atoms with E-state index in [4.69, 9.17) is 4.52 Å². The predicted octanol–water partition coefficient (Wildman–Crippen LogP) is 3.91. The van der Waals surface area contributed by atoms with E-state index in [9.17, 15) is 9.18 Å². The van der Waals surface area contributed by atoms with Crippen molar-refractivity contribution in [3.05, 3.63) is 72.1 Å². The first-order chi connectivity index (χ1) is 15.2. The predicted molar refractivity (Wildman–Crippen MR) is 112 cm³/mol. The van der Waals surface area contributed by atoms with Gasteiger partial charge in [0.1, 0.15) is 11.5 Å². The molecule has 1 atom stereocenters. The van der Waals surface area contributed by atoms with E-state index >= 15 is 0 Å². The van der Waals surface area contributed by atoms with Gasteiger partial charge in [-0.3, -0.25) is 9.78 Å². The molecule has 0 aliphatic carbocycles. The molecule has 3 heterocycles. The molecule has 1 saturated heterocycles. The molecule has 5 rings (SSSR count). The van der Waals surface area contributed by atoms with Crippen LogP contribution < -0.4 is 0 Å². The lowest BCUT2D eigenvalue weighted by atomic mass is 9.94. The van der Waals surface area contributed by atoms with Crippen LogP contribution in [0.15, 0.2) is 59.3 Å². The minimum absolute atomic E-state index is 0.125. The molecule has 1 aliphatic rings. The van der Waals surface area contributed by atoms with Crippen LogP contribution >= 0.6 is 0 Å². The van der Waals surface area contributed by atoms with Crippen molar-refractivity contribution in [2.24, 2.45) is 5.92 Å². The standard InChI is InChI=1S/C23H20FN5O2/c24-17-8-2-1-7-16(17)22-27-21(31-28-22)12-15-6-5-11-29(14-15)23(30)20-13-25-18-9-3-4-10-19(18)26-20/h1-4,7-10,13,15H,5-6,11-12,14H2. The van der Waals surface area contributed by atoms with Gasteiger partial charge in [-0.2, -0.15) is 4.98 Å². The summed E-state index contributed by atoms with van der Waals surface area (Å²) in [5, 5.41) is 3.92. The van der Waals surface area contributed by atoms with E-state index in [0.717, 1.165) is 18.4 Å². The zero-order chi connectivity index (χ0) is 21.2. The van der Waals surface area contributed by atoms with Crippen LogP contribution in [0.5, 0.6) is 0 Å². The Morgan fingerprint density at radius 3 is 2.77 bits per heavy atom. The molecule has 1 aliphatic heterocycles. The van der Waals surface area contributed by atoms with Crippen molar-refractivity contribution in [3.8, 4) is 11.4 Å². The lowest BCUT2D eigenvalue weighted by molar-refractivity contribution is 0.0662. The number of rotatable bonds is 4. The number of piperidine rings is 1. The van der Waals surface area contributed by atoms with E-state index in [1.807, 2.05) is 24.3 Å². The van der Waals surface area contributed by atoms with Crippen LogP contribution in [0.2, 0.25) is 0 Å². The average Bonchev–Trinajstić information content (AvgIpc) is 3.27. The number of halogens is 1. The van der Waals surface area contributed by atoms with Crippen LogP contribution in [0.4, 0.5) is 4.39 Å². The van der Waals surface area contributed by atoms with Crippen LogP contribution in [-0.4, -0.2) is 44.0 Å². The van der Waals surface area contributed by atoms with Gasteiger partial charge in [0, 0.05) is 19.5 Å². The second kappa shape index (κ2) is 8.22. The molecule has 1 fully saturated rings. The number of likely N-dealkylation sites (tertiary alicyclic amines) is 1. The molecule has 0 N–H and O–H groups in total. The largest absolute Gasteiger partial charge is 0.339 e. The summed E-state index contributed by atoms with van der Waals surface area (Å²) in [6.45, 7) is 1.25. The summed E-state index contributed by atoms with van der Waals surface area (Å²) in [5.41, 5.74) is 2.12. The zero-order valence-corrected chi connectivity index (χ0v) is 16.7. The number of nitrogens with zero attached hydrogens (tertiary/aromatic N) is 5. The van der Waals surface area contributed by atoms with Gasteiger partial charge in [-0.25, -0.2) is 9.37 Å². The summed E-state index contributed by atoms with van der Waals surface area (Å²) >= 11 is 0. The number of carbonyl (C=O) groups is 1. The summed E-state index contributed by atoms with van der Waals surface area (Å²) in [4.78, 5) is 28.0. The molecule has 0 saturated carbocycles. The van der Waals surface area contributed by atoms with Crippen molar-refractivity contribution in [1.29, 1.82) is 0 Å². The first-order valence-electron chi connectivity index (χ1n) is 10.3. The van der Waals surface area contributed by atoms with Crippen LogP contribution in [0.3, 0.4) is 0 Å². The van der Waals surface area contributed by atoms with Gasteiger partial charge in [-0.15, -0.1) is 0 Å². The first-order valence-corrected chi connectivity index (χ1v) is 10.3. The molecule has 1 amide bonds. The molecule has 4 aromatic rings. The highest BCUT2D eigenvalue weighted by atomic mass is 19.1. The van der Waals surface area contributed by atoms with E-state index in [2.05, 4.69) is 20.1 Å². The molecule has 8 heteroatoms. The minimum Gasteiger partial charge on any atom is -0.339 e. The molecular formula is C23H20FN5O2. The molecule has 156 valence electrons. The van der Waals surface area contributed by atoms with Gasteiger partial charge in [0.15, 0.2) is 0 Å². The second-order valence-corrected chi connectivity index (χ2v) is 7.70. The second-order valence-electron chi connectivity index (χ2n) is 7.70. The van der Waals surface area contributed by atoms with Gasteiger partial charge < -0.3 is 9.42 Å². The number of para-hydroxylation sites is 2. The van der Waals surface area contributed by atoms with Crippen molar-refractivity contribution < 1.29 is 13.7 Å². The molecule has 0 bridgehead atoms. The van der Waals surface area contributed by atoms with Crippen LogP contribution in [0, 0.1) is 11.7 Å². The van der Waals surface area contributed by atoms with Crippen molar-refractivity contribution in [2.45, 2.75) is 19.3 Å². The number of hydrogen-bond donors (Lipinski definition) is 0. The molecule has 2 aromatic heterocycles. The average molecular weight is 417 g/mol. The van der Waals surface area contributed by atoms with Crippen molar-refractivity contribution >= 4 is 16.9 Å². The molecule has 7 nitrogen and oxygen atoms in total. The fraction of sp³-hybridized carbons (Fsp3) is 0.261.